The summed E-state index contributed by atoms with van der Waals surface area (Å²) in [5, 5.41) is 0. The van der Waals surface area contributed by atoms with Crippen LogP contribution in [0, 0.1) is 0 Å². The minimum Gasteiger partial charge on any atom is -0.426 e. The van der Waals surface area contributed by atoms with E-state index in [2.05, 4.69) is 31.9 Å². The molecule has 348 valence electrons. The second kappa shape index (κ2) is 20.4. The van der Waals surface area contributed by atoms with Crippen molar-refractivity contribution >= 4 is 79.6 Å². The standard InChI is InChI=1S/C48H46Br2O16/c1-19-31-13-33(41(61-25(7)53)17-39(31)59-23(5)51)20(2)35-15-37(47(65-29(11)57)43(49)45(35)63-27(9)55)22(4)38-16-36(46(64-28(10)56)44(50)48(38)66-30(12)58)21(3)34-14-32(19)40(60-24(6)52)18-42(34)62-26(8)54/h13-22H,1-12H3/t19?,20-,21+,22?. The number of hydrogen-bond donors (Lipinski definition) is 0. The van der Waals surface area contributed by atoms with Crippen LogP contribution in [-0.4, -0.2) is 47.8 Å². The lowest BCUT2D eigenvalue weighted by Gasteiger charge is -2.29. The van der Waals surface area contributed by atoms with Gasteiger partial charge < -0.3 is 37.9 Å². The van der Waals surface area contributed by atoms with Crippen LogP contribution in [-0.2, 0) is 38.4 Å². The second-order valence-electron chi connectivity index (χ2n) is 15.5. The zero-order chi connectivity index (χ0) is 49.2. The molecule has 0 aliphatic heterocycles. The van der Waals surface area contributed by atoms with Crippen molar-refractivity contribution < 1.29 is 76.3 Å². The number of benzene rings is 4. The highest BCUT2D eigenvalue weighted by molar-refractivity contribution is 9.11. The number of carbonyl (C=O) groups excluding carboxylic acids is 8. The van der Waals surface area contributed by atoms with Crippen LogP contribution in [0.1, 0.15) is 151 Å². The number of carbonyl (C=O) groups is 8. The Labute approximate surface area is 396 Å². The lowest BCUT2D eigenvalue weighted by molar-refractivity contribution is -0.133. The third-order valence-corrected chi connectivity index (χ3v) is 11.9. The van der Waals surface area contributed by atoms with Crippen molar-refractivity contribution in [1.82, 2.24) is 0 Å². The predicted octanol–water partition coefficient (Wildman–Crippen LogP) is 9.53. The Balaban J connectivity index is 2.14. The summed E-state index contributed by atoms with van der Waals surface area (Å²) in [5.41, 5.74) is 2.41. The molecule has 0 fully saturated rings. The zero-order valence-corrected chi connectivity index (χ0v) is 41.2. The lowest BCUT2D eigenvalue weighted by atomic mass is 9.80. The van der Waals surface area contributed by atoms with E-state index in [-0.39, 0.29) is 66.1 Å². The second-order valence-corrected chi connectivity index (χ2v) is 17.1. The maximum absolute atomic E-state index is 12.9. The van der Waals surface area contributed by atoms with Crippen molar-refractivity contribution in [1.29, 1.82) is 0 Å². The molecular weight excluding hydrogens is 992 g/mol. The Morgan fingerprint density at radius 2 is 0.470 bits per heavy atom. The molecule has 0 radical (unpaired) electrons. The van der Waals surface area contributed by atoms with Gasteiger partial charge in [-0.2, -0.15) is 0 Å². The fourth-order valence-electron chi connectivity index (χ4n) is 7.77. The van der Waals surface area contributed by atoms with Crippen LogP contribution in [0.25, 0.3) is 0 Å². The normalized spacial score (nSPS) is 16.2. The first-order chi connectivity index (χ1) is 30.8. The monoisotopic (exact) mass is 1040 g/mol. The van der Waals surface area contributed by atoms with E-state index >= 15 is 0 Å². The van der Waals surface area contributed by atoms with E-state index in [0.717, 1.165) is 0 Å². The number of esters is 8. The summed E-state index contributed by atoms with van der Waals surface area (Å²) in [6.45, 7) is 16.4. The number of rotatable bonds is 8. The van der Waals surface area contributed by atoms with Gasteiger partial charge in [0.2, 0.25) is 0 Å². The molecule has 1 aliphatic rings. The van der Waals surface area contributed by atoms with E-state index in [1.165, 1.54) is 67.5 Å². The molecule has 4 atom stereocenters. The minimum atomic E-state index is -0.909. The van der Waals surface area contributed by atoms with Gasteiger partial charge in [0, 0.05) is 136 Å². The van der Waals surface area contributed by atoms with Crippen LogP contribution in [0.15, 0.2) is 45.3 Å². The number of fused-ring (bicyclic) bond motifs is 8. The van der Waals surface area contributed by atoms with Gasteiger partial charge in [0.1, 0.15) is 31.9 Å². The SMILES string of the molecule is CC(=O)Oc1cc(OC(C)=O)c2cc1C(C)c1cc(c(OC(C)=O)cc1OC(C)=O)[C@H](C)c1cc(c(OC(C)=O)c(Br)c1OC(C)=O)C(C)c1cc(c(OC(C)=O)c(Br)c1OC(C)=O)[C@@H]2C. The molecule has 0 N–H and O–H groups in total. The van der Waals surface area contributed by atoms with Crippen molar-refractivity contribution in [3.63, 3.8) is 0 Å². The van der Waals surface area contributed by atoms with Crippen molar-refractivity contribution in [3.8, 4) is 46.0 Å². The molecule has 0 heterocycles. The molecule has 0 aromatic heterocycles. The van der Waals surface area contributed by atoms with Crippen molar-refractivity contribution in [2.24, 2.45) is 0 Å². The van der Waals surface area contributed by atoms with Crippen LogP contribution in [0.5, 0.6) is 46.0 Å². The quantitative estimate of drug-likeness (QED) is 0.119. The average molecular weight is 1040 g/mol. The molecule has 5 rings (SSSR count). The molecule has 0 saturated heterocycles. The Kier molecular flexibility index (Phi) is 15.6. The Morgan fingerprint density at radius 3 is 0.667 bits per heavy atom. The van der Waals surface area contributed by atoms with Gasteiger partial charge in [0.05, 0.1) is 0 Å². The van der Waals surface area contributed by atoms with Gasteiger partial charge >= 0.3 is 47.8 Å². The van der Waals surface area contributed by atoms with E-state index in [1.807, 2.05) is 0 Å². The zero-order valence-electron chi connectivity index (χ0n) is 38.1. The van der Waals surface area contributed by atoms with Gasteiger partial charge in [-0.15, -0.1) is 0 Å². The summed E-state index contributed by atoms with van der Waals surface area (Å²) in [4.78, 5) is 102. The molecule has 2 unspecified atom stereocenters. The van der Waals surface area contributed by atoms with Gasteiger partial charge in [0.25, 0.3) is 0 Å². The maximum atomic E-state index is 12.9. The minimum absolute atomic E-state index is 0.0321. The Morgan fingerprint density at radius 1 is 0.303 bits per heavy atom. The fraction of sp³-hybridized carbons (Fsp3) is 0.333. The molecule has 0 spiro atoms. The van der Waals surface area contributed by atoms with Crippen molar-refractivity contribution in [2.75, 3.05) is 0 Å². The first kappa shape index (κ1) is 50.6. The molecule has 8 bridgehead atoms. The summed E-state index contributed by atoms with van der Waals surface area (Å²) in [7, 11) is 0. The number of halogens is 2. The van der Waals surface area contributed by atoms with Gasteiger partial charge in [-0.1, -0.05) is 27.7 Å². The van der Waals surface area contributed by atoms with Crippen molar-refractivity contribution in [3.05, 3.63) is 89.9 Å². The van der Waals surface area contributed by atoms with Crippen LogP contribution in [0.2, 0.25) is 0 Å². The maximum Gasteiger partial charge on any atom is 0.308 e. The number of ether oxygens (including phenoxy) is 8. The molecule has 66 heavy (non-hydrogen) atoms. The van der Waals surface area contributed by atoms with Gasteiger partial charge in [-0.3, -0.25) is 38.4 Å². The summed E-state index contributed by atoms with van der Waals surface area (Å²) in [6, 6.07) is 9.23. The van der Waals surface area contributed by atoms with Crippen LogP contribution in [0.3, 0.4) is 0 Å². The first-order valence-electron chi connectivity index (χ1n) is 20.4. The molecule has 0 amide bonds. The van der Waals surface area contributed by atoms with E-state index in [1.54, 1.807) is 52.0 Å². The van der Waals surface area contributed by atoms with E-state index in [9.17, 15) is 38.4 Å². The molecule has 16 nitrogen and oxygen atoms in total. The van der Waals surface area contributed by atoms with Gasteiger partial charge in [-0.25, -0.2) is 0 Å². The molecule has 4 aromatic carbocycles. The molecule has 4 aromatic rings. The van der Waals surface area contributed by atoms with Gasteiger partial charge in [0.15, 0.2) is 23.0 Å². The number of hydrogen-bond acceptors (Lipinski definition) is 16. The smallest absolute Gasteiger partial charge is 0.308 e. The fourth-order valence-corrected chi connectivity index (χ4v) is 9.01. The highest BCUT2D eigenvalue weighted by Gasteiger charge is 2.36. The highest BCUT2D eigenvalue weighted by atomic mass is 79.9. The molecule has 0 saturated carbocycles. The third-order valence-electron chi connectivity index (χ3n) is 10.5. The van der Waals surface area contributed by atoms with Gasteiger partial charge in [-0.05, 0) is 56.1 Å². The molecule has 18 heteroatoms. The van der Waals surface area contributed by atoms with E-state index < -0.39 is 71.4 Å². The molecule has 1 aliphatic carbocycles. The van der Waals surface area contributed by atoms with Crippen LogP contribution in [0.4, 0.5) is 0 Å². The summed E-state index contributed by atoms with van der Waals surface area (Å²) >= 11 is 7.12. The van der Waals surface area contributed by atoms with E-state index in [4.69, 9.17) is 37.9 Å². The third kappa shape index (κ3) is 11.0. The predicted molar refractivity (Wildman–Crippen MR) is 242 cm³/mol. The lowest BCUT2D eigenvalue weighted by Crippen LogP contribution is -2.17. The van der Waals surface area contributed by atoms with E-state index in [0.29, 0.717) is 33.4 Å². The summed E-state index contributed by atoms with van der Waals surface area (Å²) in [5.74, 6) is -9.88. The Bertz CT molecular complexity index is 2550. The van der Waals surface area contributed by atoms with Crippen molar-refractivity contribution in [2.45, 2.75) is 107 Å². The summed E-state index contributed by atoms with van der Waals surface area (Å²) in [6.07, 6.45) is 0. The van der Waals surface area contributed by atoms with Crippen LogP contribution < -0.4 is 37.9 Å². The average Bonchev–Trinajstić information content (AvgIpc) is 3.18. The first-order valence-corrected chi connectivity index (χ1v) is 21.9. The summed E-state index contributed by atoms with van der Waals surface area (Å²) < 4.78 is 46.5. The highest BCUT2D eigenvalue weighted by Crippen LogP contribution is 2.55. The topological polar surface area (TPSA) is 210 Å². The largest absolute Gasteiger partial charge is 0.426 e. The molecular formula is C48H46Br2O16. The van der Waals surface area contributed by atoms with Crippen LogP contribution >= 0.6 is 31.9 Å². The Hall–Kier alpha value is -6.40.